The Balaban J connectivity index is 3.49. The van der Waals surface area contributed by atoms with Gasteiger partial charge in [0.2, 0.25) is 5.91 Å². The molecule has 68 heavy (non-hydrogen) atoms. The number of allylic oxidation sites excluding steroid dienone is 5. The van der Waals surface area contributed by atoms with Crippen LogP contribution >= 0.6 is 0 Å². The van der Waals surface area contributed by atoms with Crippen LogP contribution in [-0.4, -0.2) is 46.1 Å². The molecule has 0 spiro atoms. The molecule has 0 aliphatic rings. The fourth-order valence-corrected chi connectivity index (χ4v) is 9.73. The van der Waals surface area contributed by atoms with E-state index in [9.17, 15) is 20.1 Å². The molecule has 0 saturated carbocycles. The summed E-state index contributed by atoms with van der Waals surface area (Å²) in [6, 6.07) is -0.744. The lowest BCUT2D eigenvalue weighted by Crippen LogP contribution is -2.45. The highest BCUT2D eigenvalue weighted by Crippen LogP contribution is 2.18. The highest BCUT2D eigenvalue weighted by Gasteiger charge is 2.20. The fraction of sp³-hybridized carbons (Fsp3) is 0.889. The number of unbranched alkanes of at least 4 members (excludes halogenated alkanes) is 44. The molecule has 402 valence electrons. The Morgan fingerprint density at radius 2 is 0.662 bits per heavy atom. The van der Waals surface area contributed by atoms with Gasteiger partial charge in [0.25, 0.3) is 0 Å². The number of nitrogens with one attached hydrogen (secondary N) is 1. The van der Waals surface area contributed by atoms with E-state index in [1.165, 1.54) is 276 Å². The second-order valence-electron chi connectivity index (χ2n) is 21.3. The molecule has 3 unspecified atom stereocenters. The van der Waals surface area contributed by atoms with E-state index in [1.807, 2.05) is 6.08 Å². The molecule has 0 bridgehead atoms. The van der Waals surface area contributed by atoms with E-state index in [2.05, 4.69) is 43.5 Å². The van der Waals surface area contributed by atoms with E-state index in [0.717, 1.165) is 32.1 Å². The van der Waals surface area contributed by atoms with Gasteiger partial charge in [-0.1, -0.05) is 314 Å². The average Bonchev–Trinajstić information content (AvgIpc) is 3.33. The SMILES string of the molecule is CCCCCCCCCCCCCCCC/C=C/C(O)C(CO)NC(=O)CC(O)CCCCCCCCCCCCCCCCC/C=C\C/C=C\CCCCCCCCCCCCCCCCC. The Bertz CT molecular complexity index is 1060. The molecule has 3 atom stereocenters. The van der Waals surface area contributed by atoms with Crippen LogP contribution in [0.5, 0.6) is 0 Å². The first-order valence-corrected chi connectivity index (χ1v) is 30.8. The molecule has 0 heterocycles. The van der Waals surface area contributed by atoms with Gasteiger partial charge >= 0.3 is 0 Å². The van der Waals surface area contributed by atoms with Crippen molar-refractivity contribution in [2.75, 3.05) is 6.61 Å². The van der Waals surface area contributed by atoms with Gasteiger partial charge in [-0.05, 0) is 51.4 Å². The number of rotatable bonds is 57. The van der Waals surface area contributed by atoms with Crippen LogP contribution < -0.4 is 5.32 Å². The van der Waals surface area contributed by atoms with Crippen LogP contribution in [0.3, 0.4) is 0 Å². The molecule has 0 aromatic heterocycles. The first-order valence-electron chi connectivity index (χ1n) is 30.8. The molecular weight excluding hydrogens is 835 g/mol. The quantitative estimate of drug-likeness (QED) is 0.0361. The van der Waals surface area contributed by atoms with Crippen LogP contribution in [0.15, 0.2) is 36.5 Å². The summed E-state index contributed by atoms with van der Waals surface area (Å²) in [5.41, 5.74) is 0. The lowest BCUT2D eigenvalue weighted by Gasteiger charge is -2.21. The first kappa shape index (κ1) is 66.6. The highest BCUT2D eigenvalue weighted by atomic mass is 16.3. The predicted octanol–water partition coefficient (Wildman–Crippen LogP) is 19.4. The number of aliphatic hydroxyl groups excluding tert-OH is 3. The zero-order chi connectivity index (χ0) is 49.3. The molecule has 0 aliphatic heterocycles. The monoisotopic (exact) mass is 956 g/mol. The van der Waals surface area contributed by atoms with Crippen LogP contribution in [0.2, 0.25) is 0 Å². The summed E-state index contributed by atoms with van der Waals surface area (Å²) in [7, 11) is 0. The highest BCUT2D eigenvalue weighted by molar-refractivity contribution is 5.76. The Morgan fingerprint density at radius 1 is 0.382 bits per heavy atom. The number of amides is 1. The number of carbonyl (C=O) groups is 1. The maximum Gasteiger partial charge on any atom is 0.222 e. The Labute approximate surface area is 425 Å². The van der Waals surface area contributed by atoms with E-state index in [1.54, 1.807) is 6.08 Å². The normalized spacial score (nSPS) is 13.4. The van der Waals surface area contributed by atoms with Gasteiger partial charge < -0.3 is 20.6 Å². The number of hydrogen-bond donors (Lipinski definition) is 4. The Morgan fingerprint density at radius 3 is 0.971 bits per heavy atom. The van der Waals surface area contributed by atoms with Gasteiger partial charge in [-0.15, -0.1) is 0 Å². The van der Waals surface area contributed by atoms with Gasteiger partial charge in [0.05, 0.1) is 31.3 Å². The van der Waals surface area contributed by atoms with Crippen molar-refractivity contribution in [3.8, 4) is 0 Å². The van der Waals surface area contributed by atoms with Crippen molar-refractivity contribution in [1.29, 1.82) is 0 Å². The molecule has 1 amide bonds. The van der Waals surface area contributed by atoms with Gasteiger partial charge in [0.1, 0.15) is 0 Å². The Kier molecular flexibility index (Phi) is 56.9. The van der Waals surface area contributed by atoms with Gasteiger partial charge in [0.15, 0.2) is 0 Å². The van der Waals surface area contributed by atoms with Crippen LogP contribution in [0.4, 0.5) is 0 Å². The number of aliphatic hydroxyl groups is 3. The summed E-state index contributed by atoms with van der Waals surface area (Å²) < 4.78 is 0. The molecule has 5 nitrogen and oxygen atoms in total. The summed E-state index contributed by atoms with van der Waals surface area (Å²) in [5.74, 6) is -0.312. The van der Waals surface area contributed by atoms with Crippen molar-refractivity contribution in [3.05, 3.63) is 36.5 Å². The predicted molar refractivity (Wildman–Crippen MR) is 301 cm³/mol. The molecule has 0 aliphatic carbocycles. The fourth-order valence-electron chi connectivity index (χ4n) is 9.73. The summed E-state index contributed by atoms with van der Waals surface area (Å²) >= 11 is 0. The molecular formula is C63H121NO4. The molecule has 0 rings (SSSR count). The summed E-state index contributed by atoms with van der Waals surface area (Å²) in [4.78, 5) is 12.5. The third kappa shape index (κ3) is 53.9. The lowest BCUT2D eigenvalue weighted by molar-refractivity contribution is -0.124. The van der Waals surface area contributed by atoms with Gasteiger partial charge in [-0.2, -0.15) is 0 Å². The minimum atomic E-state index is -0.929. The van der Waals surface area contributed by atoms with E-state index in [0.29, 0.717) is 6.42 Å². The maximum atomic E-state index is 12.5. The van der Waals surface area contributed by atoms with Crippen molar-refractivity contribution in [3.63, 3.8) is 0 Å². The molecule has 0 radical (unpaired) electrons. The largest absolute Gasteiger partial charge is 0.394 e. The Hall–Kier alpha value is -1.43. The van der Waals surface area contributed by atoms with E-state index in [-0.39, 0.29) is 18.9 Å². The first-order chi connectivity index (χ1) is 33.5. The van der Waals surface area contributed by atoms with Crippen LogP contribution in [0.1, 0.15) is 335 Å². The van der Waals surface area contributed by atoms with Crippen molar-refractivity contribution in [2.45, 2.75) is 353 Å². The van der Waals surface area contributed by atoms with Gasteiger partial charge in [-0.25, -0.2) is 0 Å². The van der Waals surface area contributed by atoms with Crippen molar-refractivity contribution >= 4 is 5.91 Å². The zero-order valence-corrected chi connectivity index (χ0v) is 46.0. The van der Waals surface area contributed by atoms with Crippen LogP contribution in [0, 0.1) is 0 Å². The molecule has 0 saturated heterocycles. The standard InChI is InChI=1S/C63H121NO4/c1-3-5-7-9-11-13-15-17-19-21-22-23-24-25-26-27-28-29-30-31-32-33-34-35-36-37-38-39-40-41-42-44-46-48-50-52-54-56-60(66)58-63(68)64-61(59-65)62(67)57-55-53-51-49-47-45-43-20-18-16-14-12-10-8-6-4-2/h28-29,31-32,55,57,60-62,65-67H,3-27,30,33-54,56,58-59H2,1-2H3,(H,64,68)/b29-28-,32-31-,57-55+. The van der Waals surface area contributed by atoms with Crippen molar-refractivity contribution in [1.82, 2.24) is 5.32 Å². The molecule has 4 N–H and O–H groups in total. The molecule has 5 heteroatoms. The second kappa shape index (κ2) is 58.1. The average molecular weight is 957 g/mol. The molecule has 0 aromatic rings. The summed E-state index contributed by atoms with van der Waals surface area (Å²) in [5, 5.41) is 33.5. The van der Waals surface area contributed by atoms with Crippen LogP contribution in [-0.2, 0) is 4.79 Å². The lowest BCUT2D eigenvalue weighted by atomic mass is 10.0. The number of carbonyl (C=O) groups excluding carboxylic acids is 1. The van der Waals surface area contributed by atoms with Gasteiger partial charge in [0, 0.05) is 0 Å². The maximum absolute atomic E-state index is 12.5. The van der Waals surface area contributed by atoms with Crippen molar-refractivity contribution < 1.29 is 20.1 Å². The third-order valence-electron chi connectivity index (χ3n) is 14.4. The van der Waals surface area contributed by atoms with E-state index in [4.69, 9.17) is 0 Å². The third-order valence-corrected chi connectivity index (χ3v) is 14.4. The summed E-state index contributed by atoms with van der Waals surface area (Å²) in [6.07, 6.45) is 76.5. The number of hydrogen-bond acceptors (Lipinski definition) is 4. The van der Waals surface area contributed by atoms with Gasteiger partial charge in [-0.3, -0.25) is 4.79 Å². The smallest absolute Gasteiger partial charge is 0.222 e. The minimum absolute atomic E-state index is 0.0153. The van der Waals surface area contributed by atoms with Crippen molar-refractivity contribution in [2.24, 2.45) is 0 Å². The zero-order valence-electron chi connectivity index (χ0n) is 46.0. The van der Waals surface area contributed by atoms with E-state index < -0.39 is 18.2 Å². The second-order valence-corrected chi connectivity index (χ2v) is 21.3. The van der Waals surface area contributed by atoms with Crippen LogP contribution in [0.25, 0.3) is 0 Å². The molecule has 0 fully saturated rings. The topological polar surface area (TPSA) is 89.8 Å². The summed E-state index contributed by atoms with van der Waals surface area (Å²) in [6.45, 7) is 4.25. The van der Waals surface area contributed by atoms with E-state index >= 15 is 0 Å². The minimum Gasteiger partial charge on any atom is -0.394 e. The molecule has 0 aromatic carbocycles.